The van der Waals surface area contributed by atoms with Crippen molar-refractivity contribution in [3.05, 3.63) is 497 Å². The molecular formula is C126H82N6. The Kier molecular flexibility index (Phi) is 17.9. The van der Waals surface area contributed by atoms with Gasteiger partial charge in [0.1, 0.15) is 0 Å². The van der Waals surface area contributed by atoms with Gasteiger partial charge in [0.2, 0.25) is 0 Å². The van der Waals surface area contributed by atoms with Crippen LogP contribution in [0, 0.1) is 0 Å². The summed E-state index contributed by atoms with van der Waals surface area (Å²) in [5.41, 5.74) is 31.3. The molecule has 28 aromatic rings. The van der Waals surface area contributed by atoms with Crippen molar-refractivity contribution < 1.29 is 0 Å². The zero-order chi connectivity index (χ0) is 86.9. The summed E-state index contributed by atoms with van der Waals surface area (Å²) in [5.74, 6) is 0. The van der Waals surface area contributed by atoms with E-state index in [1.807, 2.05) is 0 Å². The normalized spacial score (nSPS) is 11.8. The van der Waals surface area contributed by atoms with Crippen LogP contribution in [0.2, 0.25) is 0 Å². The smallest absolute Gasteiger partial charge is 0.0562 e. The van der Waals surface area contributed by atoms with Crippen LogP contribution in [-0.2, 0) is 0 Å². The van der Waals surface area contributed by atoms with Crippen molar-refractivity contribution in [2.24, 2.45) is 0 Å². The van der Waals surface area contributed by atoms with Crippen LogP contribution in [-0.4, -0.2) is 27.4 Å². The second kappa shape index (κ2) is 31.2. The Morgan fingerprint density at radius 3 is 0.682 bits per heavy atom. The lowest BCUT2D eigenvalue weighted by atomic mass is 9.94. The van der Waals surface area contributed by atoms with Gasteiger partial charge in [-0.1, -0.05) is 352 Å². The average Bonchev–Trinajstić information content (AvgIpc) is 1.56. The summed E-state index contributed by atoms with van der Waals surface area (Å²) in [6.07, 6.45) is 0. The minimum absolute atomic E-state index is 1.15. The molecule has 6 heterocycles. The highest BCUT2D eigenvalue weighted by Gasteiger charge is 2.26. The van der Waals surface area contributed by atoms with Gasteiger partial charge in [-0.05, 0) is 222 Å². The molecule has 0 atom stereocenters. The first kappa shape index (κ1) is 75.7. The number of benzene rings is 22. The highest BCUT2D eigenvalue weighted by atomic mass is 15.0. The highest BCUT2D eigenvalue weighted by Crippen LogP contribution is 2.48. The molecule has 0 saturated carbocycles. The molecule has 0 N–H and O–H groups in total. The largest absolute Gasteiger partial charge is 0.309 e. The number of hydrogen-bond donors (Lipinski definition) is 0. The zero-order valence-corrected chi connectivity index (χ0v) is 72.0. The zero-order valence-electron chi connectivity index (χ0n) is 72.0. The summed E-state index contributed by atoms with van der Waals surface area (Å²) in [7, 11) is 0. The molecule has 0 bridgehead atoms. The number of aromatic nitrogens is 6. The fourth-order valence-electron chi connectivity index (χ4n) is 21.5. The fraction of sp³-hybridized carbons (Fsp3) is 0. The van der Waals surface area contributed by atoms with Gasteiger partial charge in [-0.15, -0.1) is 0 Å². The van der Waals surface area contributed by atoms with Crippen molar-refractivity contribution in [1.82, 2.24) is 27.4 Å². The quantitative estimate of drug-likeness (QED) is 0.131. The van der Waals surface area contributed by atoms with Crippen LogP contribution in [0.4, 0.5) is 0 Å². The Balaban J connectivity index is 0.000000105. The molecule has 0 spiro atoms. The SMILES string of the molecule is c1ccc(-c2ccccc2-c2ccc(-n3c4ccccc4c4cc5c6c7ccccc7ccc6n(-c6ccccc6)c5cc43)cc2)cc1.c1ccc(-c2ccccc2-c2cccc(-n3c4ccccc4c4cc5c6c7ccccc7ccc6n(-c6ccccc6)c5cc43)c2)cc1.c1ccc(-n2c3ccccc3c3cc4c5c6ccccc6ccc5n(-c5ccccc5)c4cc32)cc1. The molecule has 0 saturated heterocycles. The molecular weight excluding hydrogens is 1600 g/mol. The molecule has 6 nitrogen and oxygen atoms in total. The number of hydrogen-bond acceptors (Lipinski definition) is 0. The highest BCUT2D eigenvalue weighted by molar-refractivity contribution is 6.29. The van der Waals surface area contributed by atoms with Crippen molar-refractivity contribution in [3.63, 3.8) is 0 Å². The lowest BCUT2D eigenvalue weighted by Crippen LogP contribution is -1.96. The standard InChI is InChI=1S/2C46H30N2.C34H22N2/c1-3-14-31(15-4-1)36-21-9-10-22-37(36)33-17-13-20-35(28-33)48-42-25-12-11-24-39(42)40-29-41-45(30-44(40)48)47(34-18-5-2-6-19-34)43-27-26-32-16-7-8-23-38(32)46(41)43;1-3-13-31(14-4-1)36-18-9-10-19-37(36)33-23-26-35(27-24-33)47-42-22-12-11-21-39(42)40-29-41-45(30-44(40)47)48(34-16-5-2-6-17-34)43-28-25-32-15-7-8-20-38(32)46(41)43;1-3-12-24(13-4-1)35-30-18-10-9-17-27(30)28-21-29-33(22-32(28)35)36(25-14-5-2-6-15-25)31-20-19-23-11-7-8-16-26(23)34(29)31/h2*1-30H;1-22H. The lowest BCUT2D eigenvalue weighted by molar-refractivity contribution is 1.16. The molecule has 0 unspecified atom stereocenters. The average molecular weight is 1680 g/mol. The fourth-order valence-corrected chi connectivity index (χ4v) is 21.5. The van der Waals surface area contributed by atoms with E-state index in [1.54, 1.807) is 0 Å². The van der Waals surface area contributed by atoms with E-state index >= 15 is 0 Å². The van der Waals surface area contributed by atoms with E-state index in [0.29, 0.717) is 0 Å². The Hall–Kier alpha value is -17.6. The lowest BCUT2D eigenvalue weighted by Gasteiger charge is -2.14. The van der Waals surface area contributed by atoms with Gasteiger partial charge in [0.05, 0.1) is 66.2 Å². The van der Waals surface area contributed by atoms with Crippen molar-refractivity contribution in [2.45, 2.75) is 0 Å². The van der Waals surface area contributed by atoms with Gasteiger partial charge in [-0.3, -0.25) is 0 Å². The van der Waals surface area contributed by atoms with E-state index in [-0.39, 0.29) is 0 Å². The van der Waals surface area contributed by atoms with Crippen LogP contribution in [0.1, 0.15) is 0 Å². The molecule has 0 aliphatic heterocycles. The van der Waals surface area contributed by atoms with Crippen molar-refractivity contribution in [3.8, 4) is 78.6 Å². The van der Waals surface area contributed by atoms with Crippen LogP contribution < -0.4 is 0 Å². The summed E-state index contributed by atoms with van der Waals surface area (Å²) in [5, 5.41) is 23.0. The molecule has 0 aliphatic rings. The summed E-state index contributed by atoms with van der Waals surface area (Å²) >= 11 is 0. The summed E-state index contributed by atoms with van der Waals surface area (Å²) in [6.45, 7) is 0. The second-order valence-corrected chi connectivity index (χ2v) is 34.5. The predicted molar refractivity (Wildman–Crippen MR) is 560 cm³/mol. The van der Waals surface area contributed by atoms with Crippen LogP contribution in [0.15, 0.2) is 497 Å². The van der Waals surface area contributed by atoms with E-state index in [4.69, 9.17) is 0 Å². The predicted octanol–water partition coefficient (Wildman–Crippen LogP) is 33.8. The number of nitrogens with zero attached hydrogens (tertiary/aromatic N) is 6. The van der Waals surface area contributed by atoms with Gasteiger partial charge >= 0.3 is 0 Å². The van der Waals surface area contributed by atoms with Gasteiger partial charge in [-0.25, -0.2) is 0 Å². The van der Waals surface area contributed by atoms with Gasteiger partial charge in [-0.2, -0.15) is 0 Å². The molecule has 0 aliphatic carbocycles. The van der Waals surface area contributed by atoms with Gasteiger partial charge < -0.3 is 27.4 Å². The molecule has 22 aromatic carbocycles. The first-order valence-electron chi connectivity index (χ1n) is 45.4. The summed E-state index contributed by atoms with van der Waals surface area (Å²) in [6, 6.07) is 180. The minimum atomic E-state index is 1.15. The van der Waals surface area contributed by atoms with E-state index in [0.717, 1.165) is 22.7 Å². The van der Waals surface area contributed by atoms with Crippen LogP contribution in [0.3, 0.4) is 0 Å². The van der Waals surface area contributed by atoms with E-state index < -0.39 is 0 Å². The summed E-state index contributed by atoms with van der Waals surface area (Å²) in [4.78, 5) is 0. The first-order chi connectivity index (χ1) is 65.5. The third kappa shape index (κ3) is 12.3. The molecule has 0 amide bonds. The van der Waals surface area contributed by atoms with Crippen molar-refractivity contribution >= 4 is 163 Å². The topological polar surface area (TPSA) is 29.6 Å². The maximum atomic E-state index is 2.45. The molecule has 6 heteroatoms. The van der Waals surface area contributed by atoms with Crippen LogP contribution in [0.25, 0.3) is 242 Å². The Morgan fingerprint density at radius 1 is 0.106 bits per heavy atom. The molecule has 0 fully saturated rings. The van der Waals surface area contributed by atoms with Crippen LogP contribution in [0.5, 0.6) is 0 Å². The third-order valence-corrected chi connectivity index (χ3v) is 27.3. The van der Waals surface area contributed by atoms with Crippen molar-refractivity contribution in [2.75, 3.05) is 0 Å². The first-order valence-corrected chi connectivity index (χ1v) is 45.4. The second-order valence-electron chi connectivity index (χ2n) is 34.5. The van der Waals surface area contributed by atoms with Crippen molar-refractivity contribution in [1.29, 1.82) is 0 Å². The summed E-state index contributed by atoms with van der Waals surface area (Å²) < 4.78 is 14.6. The monoisotopic (exact) mass is 1680 g/mol. The maximum absolute atomic E-state index is 2.45. The van der Waals surface area contributed by atoms with Gasteiger partial charge in [0.15, 0.2) is 0 Å². The van der Waals surface area contributed by atoms with Gasteiger partial charge in [0, 0.05) is 98.8 Å². The number of rotatable bonds is 10. The number of fused-ring (bicyclic) bond motifs is 24. The van der Waals surface area contributed by atoms with Gasteiger partial charge in [0.25, 0.3) is 0 Å². The molecule has 6 aromatic heterocycles. The Morgan fingerprint density at radius 2 is 0.341 bits per heavy atom. The molecule has 616 valence electrons. The Labute approximate surface area is 761 Å². The molecule has 0 radical (unpaired) electrons. The maximum Gasteiger partial charge on any atom is 0.0562 e. The van der Waals surface area contributed by atoms with E-state index in [1.165, 1.54) is 219 Å². The number of para-hydroxylation sites is 7. The van der Waals surface area contributed by atoms with E-state index in [2.05, 4.69) is 525 Å². The molecule has 132 heavy (non-hydrogen) atoms. The Bertz CT molecular complexity index is 9420. The molecule has 28 rings (SSSR count). The van der Waals surface area contributed by atoms with Crippen LogP contribution >= 0.6 is 0 Å². The third-order valence-electron chi connectivity index (χ3n) is 27.3. The van der Waals surface area contributed by atoms with E-state index in [9.17, 15) is 0 Å². The minimum Gasteiger partial charge on any atom is -0.309 e.